The van der Waals surface area contributed by atoms with E-state index in [9.17, 15) is 0 Å². The topological polar surface area (TPSA) is 24.5 Å². The zero-order chi connectivity index (χ0) is 13.2. The quantitative estimate of drug-likeness (QED) is 0.822. The van der Waals surface area contributed by atoms with Gasteiger partial charge in [-0.2, -0.15) is 0 Å². The van der Waals surface area contributed by atoms with E-state index in [1.807, 2.05) is 18.2 Å². The molecule has 18 heavy (non-hydrogen) atoms. The predicted octanol–water partition coefficient (Wildman–Crippen LogP) is 4.27. The number of allylic oxidation sites excluding steroid dienone is 1. The highest BCUT2D eigenvalue weighted by atomic mass is 35.6. The van der Waals surface area contributed by atoms with E-state index < -0.39 is 3.79 Å². The average Bonchev–Trinajstić information content (AvgIpc) is 2.77. The van der Waals surface area contributed by atoms with Crippen molar-refractivity contribution in [3.8, 4) is 0 Å². The summed E-state index contributed by atoms with van der Waals surface area (Å²) in [6.07, 6.45) is 4.95. The number of benzene rings is 1. The summed E-state index contributed by atoms with van der Waals surface area (Å²) < 4.78 is -1.59. The first-order chi connectivity index (χ1) is 8.45. The van der Waals surface area contributed by atoms with Gasteiger partial charge in [0.25, 0.3) is 3.79 Å². The van der Waals surface area contributed by atoms with Gasteiger partial charge >= 0.3 is 0 Å². The van der Waals surface area contributed by atoms with E-state index in [-0.39, 0.29) is 5.76 Å². The zero-order valence-corrected chi connectivity index (χ0v) is 11.9. The molecule has 0 saturated heterocycles. The Morgan fingerprint density at radius 2 is 1.83 bits per heavy atom. The Balaban J connectivity index is 1.95. The maximum Gasteiger partial charge on any atom is 0.252 e. The van der Waals surface area contributed by atoms with Crippen LogP contribution >= 0.6 is 46.4 Å². The molecule has 1 heterocycles. The second-order valence-electron chi connectivity index (χ2n) is 3.42. The van der Waals surface area contributed by atoms with Gasteiger partial charge in [-0.1, -0.05) is 58.5 Å². The second-order valence-corrected chi connectivity index (χ2v) is 6.14. The molecular weight excluding hydrogens is 318 g/mol. The van der Waals surface area contributed by atoms with Crippen LogP contribution in [0.5, 0.6) is 0 Å². The Morgan fingerprint density at radius 3 is 2.39 bits per heavy atom. The number of hydrogen-bond donors (Lipinski definition) is 1. The summed E-state index contributed by atoms with van der Waals surface area (Å²) in [6.45, 7) is 0. The van der Waals surface area contributed by atoms with Crippen molar-refractivity contribution in [2.45, 2.75) is 3.79 Å². The van der Waals surface area contributed by atoms with Gasteiger partial charge in [0.1, 0.15) is 0 Å². The second kappa shape index (κ2) is 5.49. The lowest BCUT2D eigenvalue weighted by molar-refractivity contribution is -0.0801. The summed E-state index contributed by atoms with van der Waals surface area (Å²) in [7, 11) is 0. The molecule has 1 aromatic rings. The van der Waals surface area contributed by atoms with Gasteiger partial charge in [-0.15, -0.1) is 5.17 Å². The van der Waals surface area contributed by atoms with Crippen molar-refractivity contribution in [2.75, 3.05) is 0 Å². The molecule has 0 spiro atoms. The van der Waals surface area contributed by atoms with Crippen LogP contribution in [0.15, 0.2) is 42.4 Å². The zero-order valence-electron chi connectivity index (χ0n) is 8.91. The van der Waals surface area contributed by atoms with E-state index in [0.717, 1.165) is 5.56 Å². The number of halogens is 4. The molecule has 3 nitrogen and oxygen atoms in total. The SMILES string of the molecule is Clc1ccc(C=CN2NC=C(C(Cl)(Cl)Cl)O2)cc1. The molecular formula is C11H8Cl4N2O. The van der Waals surface area contributed by atoms with Crippen molar-refractivity contribution < 1.29 is 4.84 Å². The molecule has 0 aliphatic carbocycles. The molecule has 1 aliphatic heterocycles. The van der Waals surface area contributed by atoms with Crippen LogP contribution in [0.4, 0.5) is 0 Å². The van der Waals surface area contributed by atoms with Crippen molar-refractivity contribution >= 4 is 52.5 Å². The van der Waals surface area contributed by atoms with Crippen molar-refractivity contribution in [2.24, 2.45) is 0 Å². The van der Waals surface area contributed by atoms with Crippen molar-refractivity contribution in [3.05, 3.63) is 53.0 Å². The Morgan fingerprint density at radius 1 is 1.17 bits per heavy atom. The molecule has 7 heteroatoms. The van der Waals surface area contributed by atoms with Crippen LogP contribution in [-0.4, -0.2) is 8.96 Å². The molecule has 0 aromatic heterocycles. The summed E-state index contributed by atoms with van der Waals surface area (Å²) in [5.74, 6) is 0.202. The molecule has 1 aliphatic rings. The third-order valence-corrected chi connectivity index (χ3v) is 2.88. The lowest BCUT2D eigenvalue weighted by atomic mass is 10.2. The van der Waals surface area contributed by atoms with Crippen molar-refractivity contribution in [3.63, 3.8) is 0 Å². The molecule has 0 fully saturated rings. The third kappa shape index (κ3) is 3.62. The summed E-state index contributed by atoms with van der Waals surface area (Å²) in [5, 5.41) is 2.01. The standard InChI is InChI=1S/C11H8Cl4N2O/c12-9-3-1-8(2-4-9)5-6-17-16-7-10(18-17)11(13,14)15/h1-7,16H. The number of rotatable bonds is 2. The van der Waals surface area contributed by atoms with Gasteiger partial charge in [-0.05, 0) is 23.8 Å². The maximum absolute atomic E-state index is 5.78. The molecule has 2 rings (SSSR count). The molecule has 0 radical (unpaired) electrons. The van der Waals surface area contributed by atoms with Gasteiger partial charge in [0.15, 0.2) is 0 Å². The molecule has 1 N–H and O–H groups in total. The smallest absolute Gasteiger partial charge is 0.252 e. The van der Waals surface area contributed by atoms with Gasteiger partial charge in [0.05, 0.1) is 12.4 Å². The molecule has 0 bridgehead atoms. The van der Waals surface area contributed by atoms with Gasteiger partial charge in [0, 0.05) is 5.02 Å². The Labute approximate surface area is 124 Å². The molecule has 0 unspecified atom stereocenters. The fourth-order valence-electron chi connectivity index (χ4n) is 1.22. The van der Waals surface area contributed by atoms with E-state index in [0.29, 0.717) is 5.02 Å². The lowest BCUT2D eigenvalue weighted by Gasteiger charge is -2.15. The highest BCUT2D eigenvalue weighted by molar-refractivity contribution is 6.69. The molecule has 1 aromatic carbocycles. The third-order valence-electron chi connectivity index (χ3n) is 2.07. The number of hydroxylamine groups is 1. The summed E-state index contributed by atoms with van der Waals surface area (Å²) in [4.78, 5) is 5.25. The number of hydrogen-bond acceptors (Lipinski definition) is 3. The van der Waals surface area contributed by atoms with Crippen LogP contribution in [0.25, 0.3) is 6.08 Å². The van der Waals surface area contributed by atoms with Crippen LogP contribution in [0, 0.1) is 0 Å². The molecule has 96 valence electrons. The molecule has 0 saturated carbocycles. The first-order valence-corrected chi connectivity index (χ1v) is 6.41. The largest absolute Gasteiger partial charge is 0.358 e. The van der Waals surface area contributed by atoms with Crippen LogP contribution in [0.2, 0.25) is 5.02 Å². The number of nitrogens with one attached hydrogen (secondary N) is 1. The predicted molar refractivity (Wildman–Crippen MR) is 74.9 cm³/mol. The fourth-order valence-corrected chi connectivity index (χ4v) is 1.61. The summed E-state index contributed by atoms with van der Waals surface area (Å²) in [6, 6.07) is 7.34. The monoisotopic (exact) mass is 324 g/mol. The number of nitrogens with zero attached hydrogens (tertiary/aromatic N) is 1. The highest BCUT2D eigenvalue weighted by Gasteiger charge is 2.32. The van der Waals surface area contributed by atoms with E-state index in [2.05, 4.69) is 5.43 Å². The van der Waals surface area contributed by atoms with Crippen LogP contribution in [-0.2, 0) is 4.84 Å². The van der Waals surface area contributed by atoms with Gasteiger partial charge < -0.3 is 4.84 Å². The maximum atomic E-state index is 5.78. The Bertz CT molecular complexity index is 479. The van der Waals surface area contributed by atoms with E-state index in [4.69, 9.17) is 51.2 Å². The minimum absolute atomic E-state index is 0.202. The van der Waals surface area contributed by atoms with E-state index >= 15 is 0 Å². The Hall–Kier alpha value is -0.740. The normalized spacial score (nSPS) is 15.6. The first kappa shape index (κ1) is 13.7. The van der Waals surface area contributed by atoms with Gasteiger partial charge in [-0.3, -0.25) is 5.43 Å². The minimum atomic E-state index is -1.59. The van der Waals surface area contributed by atoms with Crippen molar-refractivity contribution in [1.82, 2.24) is 10.6 Å². The fraction of sp³-hybridized carbons (Fsp3) is 0.0909. The van der Waals surface area contributed by atoms with E-state index in [1.165, 1.54) is 11.4 Å². The van der Waals surface area contributed by atoms with Crippen LogP contribution < -0.4 is 5.43 Å². The van der Waals surface area contributed by atoms with Gasteiger partial charge in [0.2, 0.25) is 5.76 Å². The Kier molecular flexibility index (Phi) is 4.17. The van der Waals surface area contributed by atoms with Crippen LogP contribution in [0.3, 0.4) is 0 Å². The molecule has 0 amide bonds. The summed E-state index contributed by atoms with van der Waals surface area (Å²) in [5.41, 5.74) is 3.74. The van der Waals surface area contributed by atoms with Gasteiger partial charge in [-0.25, -0.2) is 0 Å². The number of hydrazine groups is 1. The van der Waals surface area contributed by atoms with E-state index in [1.54, 1.807) is 18.3 Å². The highest BCUT2D eigenvalue weighted by Crippen LogP contribution is 2.36. The first-order valence-electron chi connectivity index (χ1n) is 4.90. The van der Waals surface area contributed by atoms with Crippen molar-refractivity contribution in [1.29, 1.82) is 0 Å². The summed E-state index contributed by atoms with van der Waals surface area (Å²) >= 11 is 22.8. The van der Waals surface area contributed by atoms with Crippen LogP contribution in [0.1, 0.15) is 5.56 Å². The minimum Gasteiger partial charge on any atom is -0.358 e. The lowest BCUT2D eigenvalue weighted by Crippen LogP contribution is -2.23. The molecule has 0 atom stereocenters. The number of alkyl halides is 3. The average molecular weight is 326 g/mol.